The third-order valence-corrected chi connectivity index (χ3v) is 2.44. The highest BCUT2D eigenvalue weighted by molar-refractivity contribution is 5.40. The van der Waals surface area contributed by atoms with Crippen molar-refractivity contribution in [3.05, 3.63) is 29.7 Å². The molecule has 2 aromatic rings. The molecule has 3 rings (SSSR count). The highest BCUT2D eigenvalue weighted by Crippen LogP contribution is 2.39. The van der Waals surface area contributed by atoms with Crippen molar-refractivity contribution in [1.82, 2.24) is 14.6 Å². The topological polar surface area (TPSA) is 30.2 Å². The van der Waals surface area contributed by atoms with Crippen LogP contribution in [0.2, 0.25) is 0 Å². The maximum Gasteiger partial charge on any atom is 0.156 e. The number of hydrogen-bond acceptors (Lipinski definition) is 2. The van der Waals surface area contributed by atoms with Gasteiger partial charge in [0.1, 0.15) is 0 Å². The Morgan fingerprint density at radius 1 is 1.54 bits per heavy atom. The van der Waals surface area contributed by atoms with Crippen LogP contribution in [0.25, 0.3) is 5.65 Å². The molecule has 2 heterocycles. The third kappa shape index (κ3) is 1.03. The molecular weight excluding hydrogens is 162 g/mol. The molecular formula is C10H10N3. The lowest BCUT2D eigenvalue weighted by Crippen LogP contribution is -1.97. The Morgan fingerprint density at radius 3 is 3.15 bits per heavy atom. The fourth-order valence-corrected chi connectivity index (χ4v) is 1.65. The van der Waals surface area contributed by atoms with Gasteiger partial charge in [0.05, 0.1) is 11.9 Å². The Bertz CT molecular complexity index is 454. The molecule has 1 aliphatic rings. The fourth-order valence-electron chi connectivity index (χ4n) is 1.65. The monoisotopic (exact) mass is 172 g/mol. The summed E-state index contributed by atoms with van der Waals surface area (Å²) in [5, 5.41) is 4.41. The van der Waals surface area contributed by atoms with E-state index in [-0.39, 0.29) is 0 Å². The van der Waals surface area contributed by atoms with Crippen LogP contribution in [0.3, 0.4) is 0 Å². The van der Waals surface area contributed by atoms with Crippen LogP contribution in [-0.2, 0) is 0 Å². The van der Waals surface area contributed by atoms with Crippen LogP contribution in [0.5, 0.6) is 0 Å². The molecule has 0 bridgehead atoms. The zero-order valence-electron chi connectivity index (χ0n) is 7.49. The van der Waals surface area contributed by atoms with E-state index in [4.69, 9.17) is 0 Å². The maximum atomic E-state index is 4.41. The molecule has 1 aliphatic carbocycles. The first-order valence-corrected chi connectivity index (χ1v) is 4.58. The predicted molar refractivity (Wildman–Crippen MR) is 48.5 cm³/mol. The molecule has 65 valence electrons. The molecule has 1 fully saturated rings. The summed E-state index contributed by atoms with van der Waals surface area (Å²) in [4.78, 5) is 4.15. The molecule has 0 saturated heterocycles. The second-order valence-corrected chi connectivity index (χ2v) is 3.64. The lowest BCUT2D eigenvalue weighted by Gasteiger charge is -1.99. The summed E-state index contributed by atoms with van der Waals surface area (Å²) in [5.74, 6) is 0.695. The number of rotatable bonds is 1. The molecule has 0 amide bonds. The lowest BCUT2D eigenvalue weighted by atomic mass is 10.3. The number of aryl methyl sites for hydroxylation is 1. The van der Waals surface area contributed by atoms with E-state index in [9.17, 15) is 0 Å². The van der Waals surface area contributed by atoms with Crippen LogP contribution < -0.4 is 0 Å². The predicted octanol–water partition coefficient (Wildman–Crippen LogP) is 1.72. The summed E-state index contributed by atoms with van der Waals surface area (Å²) >= 11 is 0. The van der Waals surface area contributed by atoms with E-state index in [1.807, 2.05) is 23.6 Å². The fraction of sp³-hybridized carbons (Fsp3) is 0.400. The molecule has 0 unspecified atom stereocenters. The van der Waals surface area contributed by atoms with Crippen molar-refractivity contribution in [3.63, 3.8) is 0 Å². The average molecular weight is 172 g/mol. The van der Waals surface area contributed by atoms with E-state index in [0.29, 0.717) is 5.92 Å². The molecule has 0 aliphatic heterocycles. The Balaban J connectivity index is 2.31. The van der Waals surface area contributed by atoms with Crippen LogP contribution in [0.1, 0.15) is 30.1 Å². The molecule has 0 atom stereocenters. The second-order valence-electron chi connectivity index (χ2n) is 3.64. The van der Waals surface area contributed by atoms with Gasteiger partial charge in [-0.1, -0.05) is 0 Å². The summed E-state index contributed by atoms with van der Waals surface area (Å²) in [6, 6.07) is 3.94. The van der Waals surface area contributed by atoms with Crippen LogP contribution in [0.15, 0.2) is 12.1 Å². The van der Waals surface area contributed by atoms with Crippen LogP contribution in [0, 0.1) is 13.1 Å². The quantitative estimate of drug-likeness (QED) is 0.655. The summed E-state index contributed by atoms with van der Waals surface area (Å²) in [6.45, 7) is 1.99. The standard InChI is InChI=1S/C10H10N3/c1-7-6-10-11-5-4-9(8-2-3-8)13(10)12-7/h4,6,8H,2-3H2,1H3. The van der Waals surface area contributed by atoms with Gasteiger partial charge in [0, 0.05) is 17.7 Å². The van der Waals surface area contributed by atoms with E-state index < -0.39 is 0 Å². The van der Waals surface area contributed by atoms with Gasteiger partial charge in [0.15, 0.2) is 5.65 Å². The van der Waals surface area contributed by atoms with Crippen molar-refractivity contribution >= 4 is 5.65 Å². The second kappa shape index (κ2) is 2.31. The minimum atomic E-state index is 0.695. The summed E-state index contributed by atoms with van der Waals surface area (Å²) in [5.41, 5.74) is 3.20. The number of fused-ring (bicyclic) bond motifs is 1. The largest absolute Gasteiger partial charge is 0.227 e. The van der Waals surface area contributed by atoms with Gasteiger partial charge >= 0.3 is 0 Å². The first-order valence-electron chi connectivity index (χ1n) is 4.58. The van der Waals surface area contributed by atoms with Crippen molar-refractivity contribution in [3.8, 4) is 0 Å². The van der Waals surface area contributed by atoms with Gasteiger partial charge in [0.25, 0.3) is 0 Å². The van der Waals surface area contributed by atoms with Crippen LogP contribution in [-0.4, -0.2) is 14.6 Å². The average Bonchev–Trinajstić information content (AvgIpc) is 2.86. The van der Waals surface area contributed by atoms with E-state index in [0.717, 1.165) is 11.3 Å². The Labute approximate surface area is 76.4 Å². The van der Waals surface area contributed by atoms with Crippen molar-refractivity contribution in [2.45, 2.75) is 25.7 Å². The Kier molecular flexibility index (Phi) is 1.26. The first-order chi connectivity index (χ1) is 6.34. The van der Waals surface area contributed by atoms with Gasteiger partial charge in [-0.3, -0.25) is 0 Å². The minimum absolute atomic E-state index is 0.695. The molecule has 3 nitrogen and oxygen atoms in total. The smallest absolute Gasteiger partial charge is 0.156 e. The van der Waals surface area contributed by atoms with Crippen molar-refractivity contribution in [1.29, 1.82) is 0 Å². The van der Waals surface area contributed by atoms with E-state index >= 15 is 0 Å². The normalized spacial score (nSPS) is 16.7. The van der Waals surface area contributed by atoms with E-state index in [2.05, 4.69) is 16.3 Å². The zero-order valence-corrected chi connectivity index (χ0v) is 7.49. The molecule has 1 radical (unpaired) electrons. The van der Waals surface area contributed by atoms with Gasteiger partial charge < -0.3 is 0 Å². The summed E-state index contributed by atoms with van der Waals surface area (Å²) in [6.07, 6.45) is 5.50. The van der Waals surface area contributed by atoms with Crippen molar-refractivity contribution < 1.29 is 0 Å². The van der Waals surface area contributed by atoms with Crippen LogP contribution >= 0.6 is 0 Å². The molecule has 2 aromatic heterocycles. The highest BCUT2D eigenvalue weighted by Gasteiger charge is 2.26. The minimum Gasteiger partial charge on any atom is -0.227 e. The molecule has 0 spiro atoms. The number of hydrogen-bond donors (Lipinski definition) is 0. The molecule has 0 aromatic carbocycles. The summed E-state index contributed by atoms with van der Waals surface area (Å²) < 4.78 is 1.95. The van der Waals surface area contributed by atoms with Gasteiger partial charge in [0.2, 0.25) is 0 Å². The SMILES string of the molecule is Cc1cc2n[c]cc(C3CC3)n2n1. The third-order valence-electron chi connectivity index (χ3n) is 2.44. The molecule has 13 heavy (non-hydrogen) atoms. The lowest BCUT2D eigenvalue weighted by molar-refractivity contribution is 0.829. The van der Waals surface area contributed by atoms with Gasteiger partial charge in [-0.15, -0.1) is 0 Å². The van der Waals surface area contributed by atoms with E-state index in [1.54, 1.807) is 0 Å². The van der Waals surface area contributed by atoms with Crippen molar-refractivity contribution in [2.75, 3.05) is 0 Å². The first kappa shape index (κ1) is 7.06. The highest BCUT2D eigenvalue weighted by atomic mass is 15.3. The maximum absolute atomic E-state index is 4.41. The number of aromatic nitrogens is 3. The van der Waals surface area contributed by atoms with Crippen LogP contribution in [0.4, 0.5) is 0 Å². The molecule has 0 N–H and O–H groups in total. The van der Waals surface area contributed by atoms with E-state index in [1.165, 1.54) is 18.5 Å². The van der Waals surface area contributed by atoms with Crippen molar-refractivity contribution in [2.24, 2.45) is 0 Å². The Hall–Kier alpha value is -1.38. The Morgan fingerprint density at radius 2 is 2.38 bits per heavy atom. The molecule has 1 saturated carbocycles. The summed E-state index contributed by atoms with van der Waals surface area (Å²) in [7, 11) is 0. The molecule has 3 heteroatoms. The van der Waals surface area contributed by atoms with Gasteiger partial charge in [-0.05, 0) is 25.8 Å². The zero-order chi connectivity index (χ0) is 8.84. The number of nitrogens with zero attached hydrogens (tertiary/aromatic N) is 3. The van der Waals surface area contributed by atoms with Gasteiger partial charge in [-0.2, -0.15) is 5.10 Å². The van der Waals surface area contributed by atoms with Gasteiger partial charge in [-0.25, -0.2) is 9.50 Å².